The van der Waals surface area contributed by atoms with Crippen molar-refractivity contribution in [2.75, 3.05) is 27.7 Å². The van der Waals surface area contributed by atoms with E-state index in [4.69, 9.17) is 4.74 Å². The molecule has 1 aromatic carbocycles. The molecule has 0 saturated heterocycles. The molecule has 1 aromatic rings. The van der Waals surface area contributed by atoms with Gasteiger partial charge in [0.25, 0.3) is 0 Å². The predicted molar refractivity (Wildman–Crippen MR) is 74.8 cm³/mol. The summed E-state index contributed by atoms with van der Waals surface area (Å²) in [6, 6.07) is 7.62. The van der Waals surface area contributed by atoms with Crippen LogP contribution in [0.3, 0.4) is 0 Å². The lowest BCUT2D eigenvalue weighted by molar-refractivity contribution is -0.118. The van der Waals surface area contributed by atoms with Gasteiger partial charge in [-0.15, -0.1) is 0 Å². The van der Waals surface area contributed by atoms with E-state index in [1.807, 2.05) is 56.3 Å². The number of methoxy groups -OCH3 is 1. The van der Waals surface area contributed by atoms with Crippen molar-refractivity contribution in [1.82, 2.24) is 4.90 Å². The van der Waals surface area contributed by atoms with E-state index in [9.17, 15) is 4.79 Å². The topological polar surface area (TPSA) is 29.5 Å². The summed E-state index contributed by atoms with van der Waals surface area (Å²) in [5.74, 6) is 0.994. The molecule has 0 aliphatic heterocycles. The highest BCUT2D eigenvalue weighted by atomic mass is 16.5. The van der Waals surface area contributed by atoms with Gasteiger partial charge < -0.3 is 9.64 Å². The first-order valence-electron chi connectivity index (χ1n) is 6.03. The van der Waals surface area contributed by atoms with Crippen LogP contribution in [0.2, 0.25) is 0 Å². The van der Waals surface area contributed by atoms with Gasteiger partial charge >= 0.3 is 0 Å². The Bertz CT molecular complexity index is 407. The molecule has 0 aliphatic carbocycles. The van der Waals surface area contributed by atoms with Crippen LogP contribution in [0.25, 0.3) is 6.08 Å². The summed E-state index contributed by atoms with van der Waals surface area (Å²) in [4.78, 5) is 13.9. The Morgan fingerprint density at radius 1 is 1.33 bits per heavy atom. The van der Waals surface area contributed by atoms with Crippen LogP contribution in [0.5, 0.6) is 5.75 Å². The number of rotatable bonds is 6. The first-order valence-corrected chi connectivity index (χ1v) is 6.03. The fraction of sp³-hybridized carbons (Fsp3) is 0.400. The van der Waals surface area contributed by atoms with Gasteiger partial charge in [0.1, 0.15) is 5.75 Å². The molecule has 0 heterocycles. The Kier molecular flexibility index (Phi) is 5.59. The number of ether oxygens (including phenoxy) is 1. The highest BCUT2D eigenvalue weighted by Crippen LogP contribution is 2.12. The van der Waals surface area contributed by atoms with Gasteiger partial charge in [-0.2, -0.15) is 0 Å². The van der Waals surface area contributed by atoms with Crippen LogP contribution in [0, 0.1) is 5.92 Å². The average Bonchev–Trinajstić information content (AvgIpc) is 2.35. The Morgan fingerprint density at radius 3 is 2.44 bits per heavy atom. The summed E-state index contributed by atoms with van der Waals surface area (Å²) in [7, 11) is 5.57. The molecule has 18 heavy (non-hydrogen) atoms. The molecule has 0 fully saturated rings. The lowest BCUT2D eigenvalue weighted by Crippen LogP contribution is -2.24. The molecule has 0 aliphatic rings. The normalized spacial score (nSPS) is 12.9. The van der Waals surface area contributed by atoms with Gasteiger partial charge in [0.2, 0.25) is 0 Å². The van der Waals surface area contributed by atoms with Crippen molar-refractivity contribution in [2.24, 2.45) is 5.92 Å². The summed E-state index contributed by atoms with van der Waals surface area (Å²) in [6.45, 7) is 2.71. The third-order valence-corrected chi connectivity index (χ3v) is 2.68. The molecular weight excluding hydrogens is 226 g/mol. The zero-order valence-corrected chi connectivity index (χ0v) is 11.5. The van der Waals surface area contributed by atoms with Crippen molar-refractivity contribution < 1.29 is 9.53 Å². The van der Waals surface area contributed by atoms with Crippen molar-refractivity contribution in [1.29, 1.82) is 0 Å². The first-order chi connectivity index (χ1) is 8.52. The van der Waals surface area contributed by atoms with Crippen molar-refractivity contribution >= 4 is 11.9 Å². The van der Waals surface area contributed by atoms with Crippen LogP contribution in [0.15, 0.2) is 30.3 Å². The Labute approximate surface area is 109 Å². The van der Waals surface area contributed by atoms with Crippen LogP contribution in [0.4, 0.5) is 0 Å². The third kappa shape index (κ3) is 4.72. The summed E-state index contributed by atoms with van der Waals surface area (Å²) in [6.07, 6.45) is 3.49. The molecule has 0 amide bonds. The number of carbonyl (C=O) groups is 1. The number of benzene rings is 1. The van der Waals surface area contributed by atoms with Crippen LogP contribution in [-0.4, -0.2) is 38.4 Å². The average molecular weight is 247 g/mol. The maximum Gasteiger partial charge on any atom is 0.159 e. The van der Waals surface area contributed by atoms with Crippen LogP contribution < -0.4 is 4.74 Å². The molecule has 0 N–H and O–H groups in total. The SMILES string of the molecule is COc1ccc(/C=C\C(=O)[C@H](C)CN(C)C)cc1. The molecular formula is C15H21NO2. The number of ketones is 1. The van der Waals surface area contributed by atoms with Gasteiger partial charge in [0, 0.05) is 12.5 Å². The Balaban J connectivity index is 2.59. The monoisotopic (exact) mass is 247 g/mol. The van der Waals surface area contributed by atoms with Gasteiger partial charge in [-0.1, -0.05) is 25.1 Å². The lowest BCUT2D eigenvalue weighted by atomic mass is 10.0. The minimum absolute atomic E-state index is 0.0227. The summed E-state index contributed by atoms with van der Waals surface area (Å²) >= 11 is 0. The van der Waals surface area contributed by atoms with E-state index in [1.54, 1.807) is 13.2 Å². The zero-order chi connectivity index (χ0) is 13.5. The molecule has 3 nitrogen and oxygen atoms in total. The van der Waals surface area contributed by atoms with E-state index in [1.165, 1.54) is 0 Å². The predicted octanol–water partition coefficient (Wildman–Crippen LogP) is 2.48. The molecule has 0 radical (unpaired) electrons. The molecule has 3 heteroatoms. The Hall–Kier alpha value is -1.61. The molecule has 0 aromatic heterocycles. The van der Waals surface area contributed by atoms with Gasteiger partial charge in [-0.3, -0.25) is 4.79 Å². The van der Waals surface area contributed by atoms with Gasteiger partial charge in [0.15, 0.2) is 5.78 Å². The summed E-state index contributed by atoms with van der Waals surface area (Å²) in [5, 5.41) is 0. The fourth-order valence-corrected chi connectivity index (χ4v) is 1.70. The number of nitrogens with zero attached hydrogens (tertiary/aromatic N) is 1. The van der Waals surface area contributed by atoms with E-state index in [0.717, 1.165) is 17.9 Å². The van der Waals surface area contributed by atoms with E-state index >= 15 is 0 Å². The molecule has 0 spiro atoms. The zero-order valence-electron chi connectivity index (χ0n) is 11.5. The Morgan fingerprint density at radius 2 is 1.94 bits per heavy atom. The molecule has 0 saturated carbocycles. The molecule has 0 unspecified atom stereocenters. The van der Waals surface area contributed by atoms with Crippen molar-refractivity contribution in [3.63, 3.8) is 0 Å². The van der Waals surface area contributed by atoms with Gasteiger partial charge in [-0.25, -0.2) is 0 Å². The second-order valence-electron chi connectivity index (χ2n) is 4.67. The fourth-order valence-electron chi connectivity index (χ4n) is 1.70. The van der Waals surface area contributed by atoms with Gasteiger partial charge in [0.05, 0.1) is 7.11 Å². The summed E-state index contributed by atoms with van der Waals surface area (Å²) < 4.78 is 5.08. The van der Waals surface area contributed by atoms with E-state index in [-0.39, 0.29) is 11.7 Å². The van der Waals surface area contributed by atoms with Crippen molar-refractivity contribution in [3.05, 3.63) is 35.9 Å². The quantitative estimate of drug-likeness (QED) is 0.723. The maximum absolute atomic E-state index is 11.8. The van der Waals surface area contributed by atoms with E-state index in [2.05, 4.69) is 0 Å². The number of hydrogen-bond acceptors (Lipinski definition) is 3. The highest BCUT2D eigenvalue weighted by molar-refractivity contribution is 5.95. The maximum atomic E-state index is 11.8. The van der Waals surface area contributed by atoms with Crippen molar-refractivity contribution in [3.8, 4) is 5.75 Å². The minimum Gasteiger partial charge on any atom is -0.497 e. The second kappa shape index (κ2) is 6.97. The minimum atomic E-state index is 0.0227. The van der Waals surface area contributed by atoms with Crippen LogP contribution >= 0.6 is 0 Å². The lowest BCUT2D eigenvalue weighted by Gasteiger charge is -2.13. The first kappa shape index (κ1) is 14.5. The molecule has 1 atom stereocenters. The third-order valence-electron chi connectivity index (χ3n) is 2.68. The van der Waals surface area contributed by atoms with E-state index < -0.39 is 0 Å². The van der Waals surface area contributed by atoms with Gasteiger partial charge in [-0.05, 0) is 37.9 Å². The van der Waals surface area contributed by atoms with Crippen LogP contribution in [0.1, 0.15) is 12.5 Å². The van der Waals surface area contributed by atoms with Crippen molar-refractivity contribution in [2.45, 2.75) is 6.92 Å². The molecule has 0 bridgehead atoms. The number of allylic oxidation sites excluding steroid dienone is 1. The standard InChI is InChI=1S/C15H21NO2/c1-12(11-16(2)3)15(17)10-7-13-5-8-14(18-4)9-6-13/h5-10,12H,11H2,1-4H3/b10-7-/t12-/m1/s1. The molecule has 98 valence electrons. The summed E-state index contributed by atoms with van der Waals surface area (Å²) in [5.41, 5.74) is 1.00. The molecule has 1 rings (SSSR count). The number of hydrogen-bond donors (Lipinski definition) is 0. The number of carbonyl (C=O) groups excluding carboxylic acids is 1. The highest BCUT2D eigenvalue weighted by Gasteiger charge is 2.10. The largest absolute Gasteiger partial charge is 0.497 e. The van der Waals surface area contributed by atoms with Crippen LogP contribution in [-0.2, 0) is 4.79 Å². The second-order valence-corrected chi connectivity index (χ2v) is 4.67. The smallest absolute Gasteiger partial charge is 0.159 e. The van der Waals surface area contributed by atoms with E-state index in [0.29, 0.717) is 0 Å².